The summed E-state index contributed by atoms with van der Waals surface area (Å²) in [4.78, 5) is 40.1. The first-order chi connectivity index (χ1) is 21.3. The van der Waals surface area contributed by atoms with E-state index in [9.17, 15) is 14.4 Å². The molecule has 1 saturated heterocycles. The average Bonchev–Trinajstić information content (AvgIpc) is 3.01. The van der Waals surface area contributed by atoms with E-state index < -0.39 is 5.97 Å². The summed E-state index contributed by atoms with van der Waals surface area (Å²) in [6.45, 7) is 9.07. The third-order valence-electron chi connectivity index (χ3n) is 7.60. The standard InChI is InChI=1S/C32H44N4O8/c1-23-21-29(34-26-4-6-27(7-5-26)35-11-15-43-16-12-35)28-22-25(3-8-30(28)36(23)24(2)37)32(40)33-10-14-42-18-20-44-19-17-41-13-9-31(38)39/h3-8,22-23,29,34H,9-21H2,1-2H3,(H,33,40)(H,38,39). The van der Waals surface area contributed by atoms with Crippen molar-refractivity contribution in [3.05, 3.63) is 53.6 Å². The Morgan fingerprint density at radius 2 is 1.59 bits per heavy atom. The van der Waals surface area contributed by atoms with Crippen molar-refractivity contribution < 1.29 is 38.4 Å². The lowest BCUT2D eigenvalue weighted by Gasteiger charge is -2.39. The largest absolute Gasteiger partial charge is 0.481 e. The Balaban J connectivity index is 1.28. The summed E-state index contributed by atoms with van der Waals surface area (Å²) in [6.07, 6.45) is 0.672. The zero-order valence-electron chi connectivity index (χ0n) is 25.6. The quantitative estimate of drug-likeness (QED) is 0.243. The van der Waals surface area contributed by atoms with Gasteiger partial charge in [0.25, 0.3) is 5.91 Å². The highest BCUT2D eigenvalue weighted by molar-refractivity contribution is 5.97. The Bertz CT molecular complexity index is 1240. The molecule has 2 heterocycles. The van der Waals surface area contributed by atoms with Crippen molar-refractivity contribution >= 4 is 34.8 Å². The van der Waals surface area contributed by atoms with Crippen LogP contribution < -0.4 is 20.4 Å². The molecule has 0 bridgehead atoms. The van der Waals surface area contributed by atoms with Crippen LogP contribution in [0.1, 0.15) is 48.7 Å². The van der Waals surface area contributed by atoms with E-state index in [0.717, 1.165) is 48.9 Å². The van der Waals surface area contributed by atoms with Gasteiger partial charge < -0.3 is 44.5 Å². The van der Waals surface area contributed by atoms with Gasteiger partial charge in [-0.05, 0) is 61.4 Å². The molecule has 2 aromatic rings. The van der Waals surface area contributed by atoms with E-state index in [1.165, 1.54) is 0 Å². The first-order valence-electron chi connectivity index (χ1n) is 15.2. The summed E-state index contributed by atoms with van der Waals surface area (Å²) >= 11 is 0. The molecule has 240 valence electrons. The van der Waals surface area contributed by atoms with Gasteiger partial charge in [-0.1, -0.05) is 0 Å². The van der Waals surface area contributed by atoms with Crippen LogP contribution in [-0.2, 0) is 28.5 Å². The number of nitrogens with zero attached hydrogens (tertiary/aromatic N) is 2. The van der Waals surface area contributed by atoms with Gasteiger partial charge in [-0.25, -0.2) is 0 Å². The molecule has 1 fully saturated rings. The number of aliphatic carboxylic acids is 1. The predicted octanol–water partition coefficient (Wildman–Crippen LogP) is 3.08. The summed E-state index contributed by atoms with van der Waals surface area (Å²) in [7, 11) is 0. The Kier molecular flexibility index (Phi) is 12.8. The molecule has 0 aliphatic carbocycles. The number of amides is 2. The van der Waals surface area contributed by atoms with Gasteiger partial charge >= 0.3 is 5.97 Å². The molecular formula is C32H44N4O8. The zero-order valence-corrected chi connectivity index (χ0v) is 25.6. The number of benzene rings is 2. The number of carboxylic acids is 1. The number of morpholine rings is 1. The third-order valence-corrected chi connectivity index (χ3v) is 7.60. The fourth-order valence-electron chi connectivity index (χ4n) is 5.45. The molecular weight excluding hydrogens is 568 g/mol. The van der Waals surface area contributed by atoms with Crippen molar-refractivity contribution in [2.75, 3.05) is 87.6 Å². The van der Waals surface area contributed by atoms with Crippen LogP contribution in [0.25, 0.3) is 0 Å². The third kappa shape index (κ3) is 9.65. The lowest BCUT2D eigenvalue weighted by Crippen LogP contribution is -2.43. The van der Waals surface area contributed by atoms with Crippen LogP contribution in [0.5, 0.6) is 0 Å². The summed E-state index contributed by atoms with van der Waals surface area (Å²) < 4.78 is 21.5. The van der Waals surface area contributed by atoms with Gasteiger partial charge in [-0.2, -0.15) is 0 Å². The number of hydrogen-bond acceptors (Lipinski definition) is 9. The zero-order chi connectivity index (χ0) is 31.3. The highest BCUT2D eigenvalue weighted by atomic mass is 16.5. The Hall–Kier alpha value is -3.71. The van der Waals surface area contributed by atoms with E-state index in [4.69, 9.17) is 24.1 Å². The second-order valence-corrected chi connectivity index (χ2v) is 10.8. The van der Waals surface area contributed by atoms with Crippen molar-refractivity contribution in [1.82, 2.24) is 5.32 Å². The summed E-state index contributed by atoms with van der Waals surface area (Å²) in [5.74, 6) is -1.14. The van der Waals surface area contributed by atoms with E-state index in [0.29, 0.717) is 51.6 Å². The van der Waals surface area contributed by atoms with E-state index >= 15 is 0 Å². The smallest absolute Gasteiger partial charge is 0.305 e. The number of nitrogens with one attached hydrogen (secondary N) is 2. The lowest BCUT2D eigenvalue weighted by atomic mass is 9.90. The van der Waals surface area contributed by atoms with E-state index in [-0.39, 0.29) is 36.9 Å². The molecule has 0 saturated carbocycles. The number of carboxylic acid groups (broad SMARTS) is 1. The van der Waals surface area contributed by atoms with Gasteiger partial charge in [0.05, 0.1) is 65.3 Å². The minimum absolute atomic E-state index is 0.00427. The van der Waals surface area contributed by atoms with Crippen molar-refractivity contribution in [2.24, 2.45) is 0 Å². The highest BCUT2D eigenvalue weighted by Crippen LogP contribution is 2.40. The lowest BCUT2D eigenvalue weighted by molar-refractivity contribution is -0.138. The van der Waals surface area contributed by atoms with Crippen LogP contribution in [-0.4, -0.2) is 101 Å². The van der Waals surface area contributed by atoms with Gasteiger partial charge in [0, 0.05) is 55.2 Å². The topological polar surface area (TPSA) is 139 Å². The van der Waals surface area contributed by atoms with E-state index in [2.05, 4.69) is 39.8 Å². The molecule has 4 rings (SSSR count). The number of fused-ring (bicyclic) bond motifs is 1. The number of rotatable bonds is 16. The fourth-order valence-corrected chi connectivity index (χ4v) is 5.45. The number of carbonyl (C=O) groups excluding carboxylic acids is 2. The van der Waals surface area contributed by atoms with Crippen LogP contribution in [0.4, 0.5) is 17.1 Å². The maximum absolute atomic E-state index is 13.0. The van der Waals surface area contributed by atoms with Crippen LogP contribution in [0, 0.1) is 0 Å². The average molecular weight is 613 g/mol. The summed E-state index contributed by atoms with van der Waals surface area (Å²) in [5.41, 5.74) is 4.37. The Morgan fingerprint density at radius 1 is 0.932 bits per heavy atom. The molecule has 0 radical (unpaired) electrons. The SMILES string of the molecule is CC(=O)N1c2ccc(C(=O)NCCOCCOCCOCCC(=O)O)cc2C(Nc2ccc(N3CCOCC3)cc2)CC1C. The number of ether oxygens (including phenoxy) is 4. The van der Waals surface area contributed by atoms with Gasteiger partial charge in [0.1, 0.15) is 0 Å². The van der Waals surface area contributed by atoms with E-state index in [1.54, 1.807) is 17.9 Å². The molecule has 2 aromatic carbocycles. The molecule has 44 heavy (non-hydrogen) atoms. The molecule has 2 atom stereocenters. The minimum Gasteiger partial charge on any atom is -0.481 e. The molecule has 3 N–H and O–H groups in total. The molecule has 12 heteroatoms. The number of anilines is 3. The molecule has 12 nitrogen and oxygen atoms in total. The maximum atomic E-state index is 13.0. The first kappa shape index (κ1) is 33.2. The highest BCUT2D eigenvalue weighted by Gasteiger charge is 2.33. The van der Waals surface area contributed by atoms with Crippen LogP contribution in [0.2, 0.25) is 0 Å². The second kappa shape index (κ2) is 17.0. The Morgan fingerprint density at radius 3 is 2.25 bits per heavy atom. The minimum atomic E-state index is -0.894. The van der Waals surface area contributed by atoms with Gasteiger partial charge in [-0.3, -0.25) is 14.4 Å². The van der Waals surface area contributed by atoms with Crippen LogP contribution in [0.15, 0.2) is 42.5 Å². The molecule has 0 aromatic heterocycles. The first-order valence-corrected chi connectivity index (χ1v) is 15.2. The normalized spacial score (nSPS) is 18.0. The summed E-state index contributed by atoms with van der Waals surface area (Å²) in [6, 6.07) is 13.8. The molecule has 2 unspecified atom stereocenters. The predicted molar refractivity (Wildman–Crippen MR) is 167 cm³/mol. The fraction of sp³-hybridized carbons (Fsp3) is 0.531. The van der Waals surface area contributed by atoms with Crippen molar-refractivity contribution in [2.45, 2.75) is 38.8 Å². The molecule has 2 amide bonds. The maximum Gasteiger partial charge on any atom is 0.305 e. The molecule has 2 aliphatic heterocycles. The Labute approximate surface area is 258 Å². The van der Waals surface area contributed by atoms with Crippen LogP contribution in [0.3, 0.4) is 0 Å². The van der Waals surface area contributed by atoms with Crippen LogP contribution >= 0.6 is 0 Å². The molecule has 0 spiro atoms. The number of carbonyl (C=O) groups is 3. The number of hydrogen-bond donors (Lipinski definition) is 3. The van der Waals surface area contributed by atoms with Crippen molar-refractivity contribution in [1.29, 1.82) is 0 Å². The summed E-state index contributed by atoms with van der Waals surface area (Å²) in [5, 5.41) is 15.1. The van der Waals surface area contributed by atoms with Gasteiger partial charge in [0.15, 0.2) is 0 Å². The van der Waals surface area contributed by atoms with Crippen molar-refractivity contribution in [3.63, 3.8) is 0 Å². The second-order valence-electron chi connectivity index (χ2n) is 10.8. The van der Waals surface area contributed by atoms with Gasteiger partial charge in [-0.15, -0.1) is 0 Å². The van der Waals surface area contributed by atoms with Gasteiger partial charge in [0.2, 0.25) is 5.91 Å². The van der Waals surface area contributed by atoms with E-state index in [1.807, 2.05) is 19.1 Å². The van der Waals surface area contributed by atoms with Crippen molar-refractivity contribution in [3.8, 4) is 0 Å². The monoisotopic (exact) mass is 612 g/mol. The molecule has 2 aliphatic rings.